The summed E-state index contributed by atoms with van der Waals surface area (Å²) in [5.74, 6) is -0.296. The van der Waals surface area contributed by atoms with Gasteiger partial charge in [-0.05, 0) is 54.4 Å². The van der Waals surface area contributed by atoms with E-state index in [-0.39, 0.29) is 21.7 Å². The number of aromatic amines is 1. The van der Waals surface area contributed by atoms with E-state index in [1.54, 1.807) is 25.1 Å². The first-order valence-corrected chi connectivity index (χ1v) is 9.24. The number of H-pyrrole nitrogens is 1. The zero-order valence-corrected chi connectivity index (χ0v) is 16.7. The fourth-order valence-electron chi connectivity index (χ4n) is 2.95. The number of amides is 1. The lowest BCUT2D eigenvalue weighted by molar-refractivity contribution is -0.118. The Morgan fingerprint density at radius 3 is 2.37 bits per heavy atom. The van der Waals surface area contributed by atoms with Gasteiger partial charge in [-0.15, -0.1) is 0 Å². The number of hydrogen-bond acceptors (Lipinski definition) is 3. The van der Waals surface area contributed by atoms with Crippen LogP contribution in [0.5, 0.6) is 0 Å². The molecule has 1 atom stereocenters. The van der Waals surface area contributed by atoms with Gasteiger partial charge in [-0.25, -0.2) is 0 Å². The van der Waals surface area contributed by atoms with E-state index in [2.05, 4.69) is 31.1 Å². The molecule has 0 fully saturated rings. The third-order valence-electron chi connectivity index (χ3n) is 4.62. The number of anilines is 1. The summed E-state index contributed by atoms with van der Waals surface area (Å²) in [5.41, 5.74) is 2.29. The van der Waals surface area contributed by atoms with Crippen LogP contribution in [0.1, 0.15) is 39.3 Å². The van der Waals surface area contributed by atoms with Gasteiger partial charge in [0.2, 0.25) is 5.91 Å². The molecular weight excluding hydrogens is 358 g/mol. The van der Waals surface area contributed by atoms with Gasteiger partial charge in [0.25, 0.3) is 5.56 Å². The average Bonchev–Trinajstić information content (AvgIpc) is 2.61. The Bertz CT molecular complexity index is 1110. The molecule has 2 N–H and O–H groups in total. The molecule has 0 aliphatic heterocycles. The number of aromatic nitrogens is 2. The molecule has 1 aromatic heterocycles. The highest BCUT2D eigenvalue weighted by Gasteiger charge is 2.19. The van der Waals surface area contributed by atoms with Crippen LogP contribution in [0.2, 0.25) is 0 Å². The number of nitrogens with zero attached hydrogens (tertiary/aromatic N) is 1. The van der Waals surface area contributed by atoms with Gasteiger partial charge in [0.1, 0.15) is 6.04 Å². The number of fused-ring (bicyclic) bond motifs is 1. The second kappa shape index (κ2) is 7.12. The van der Waals surface area contributed by atoms with E-state index in [0.717, 1.165) is 0 Å². The molecule has 1 amide bonds. The standard InChI is InChI=1S/C21H23N3O2S/c1-13(18(25)22-15-11-9-14(10-12-15)21(2,3)4)24-19(26)16-7-5-6-8-17(16)23-20(24)27/h5-13H,1-4H3,(H,22,25)(H,23,27)/t13-/m1/s1. The van der Waals surface area contributed by atoms with Gasteiger partial charge in [0.15, 0.2) is 4.77 Å². The van der Waals surface area contributed by atoms with Gasteiger partial charge in [-0.3, -0.25) is 14.2 Å². The van der Waals surface area contributed by atoms with Gasteiger partial charge < -0.3 is 10.3 Å². The van der Waals surface area contributed by atoms with Gasteiger partial charge in [-0.1, -0.05) is 45.0 Å². The molecule has 3 rings (SSSR count). The van der Waals surface area contributed by atoms with E-state index < -0.39 is 6.04 Å². The van der Waals surface area contributed by atoms with Gasteiger partial charge in [0, 0.05) is 5.69 Å². The lowest BCUT2D eigenvalue weighted by Gasteiger charge is -2.20. The summed E-state index contributed by atoms with van der Waals surface area (Å²) in [4.78, 5) is 28.5. The lowest BCUT2D eigenvalue weighted by atomic mass is 9.87. The zero-order chi connectivity index (χ0) is 19.8. The molecule has 3 aromatic rings. The van der Waals surface area contributed by atoms with E-state index in [1.807, 2.05) is 30.3 Å². The summed E-state index contributed by atoms with van der Waals surface area (Å²) in [6.45, 7) is 8.07. The maximum absolute atomic E-state index is 12.8. The van der Waals surface area contributed by atoms with Gasteiger partial charge >= 0.3 is 0 Å². The summed E-state index contributed by atoms with van der Waals surface area (Å²) < 4.78 is 1.54. The molecule has 0 saturated carbocycles. The second-order valence-corrected chi connectivity index (χ2v) is 8.03. The van der Waals surface area contributed by atoms with Crippen molar-refractivity contribution in [3.8, 4) is 0 Å². The number of para-hydroxylation sites is 1. The minimum absolute atomic E-state index is 0.0430. The Kier molecular flexibility index (Phi) is 5.02. The SMILES string of the molecule is C[C@H](C(=O)Nc1ccc(C(C)(C)C)cc1)n1c(=S)[nH]c2ccccc2c1=O. The van der Waals surface area contributed by atoms with Gasteiger partial charge in [0.05, 0.1) is 10.9 Å². The van der Waals surface area contributed by atoms with Crippen molar-refractivity contribution in [1.29, 1.82) is 0 Å². The first kappa shape index (κ1) is 19.0. The Morgan fingerprint density at radius 2 is 1.74 bits per heavy atom. The molecule has 0 bridgehead atoms. The zero-order valence-electron chi connectivity index (χ0n) is 15.9. The lowest BCUT2D eigenvalue weighted by Crippen LogP contribution is -2.32. The van der Waals surface area contributed by atoms with Crippen LogP contribution >= 0.6 is 12.2 Å². The quantitative estimate of drug-likeness (QED) is 0.654. The first-order chi connectivity index (χ1) is 12.7. The van der Waals surface area contributed by atoms with E-state index >= 15 is 0 Å². The fourth-order valence-corrected chi connectivity index (χ4v) is 3.30. The molecule has 0 saturated heterocycles. The Morgan fingerprint density at radius 1 is 1.11 bits per heavy atom. The summed E-state index contributed by atoms with van der Waals surface area (Å²) >= 11 is 5.31. The highest BCUT2D eigenvalue weighted by Crippen LogP contribution is 2.23. The smallest absolute Gasteiger partial charge is 0.262 e. The third kappa shape index (κ3) is 3.85. The molecule has 140 valence electrons. The molecule has 0 radical (unpaired) electrons. The molecule has 0 aliphatic rings. The van der Waals surface area contributed by atoms with Crippen molar-refractivity contribution in [2.75, 3.05) is 5.32 Å². The van der Waals surface area contributed by atoms with E-state index in [0.29, 0.717) is 16.6 Å². The molecule has 27 heavy (non-hydrogen) atoms. The second-order valence-electron chi connectivity index (χ2n) is 7.64. The highest BCUT2D eigenvalue weighted by molar-refractivity contribution is 7.71. The molecule has 1 heterocycles. The molecule has 0 unspecified atom stereocenters. The van der Waals surface area contributed by atoms with Crippen LogP contribution in [0, 0.1) is 4.77 Å². The normalized spacial score (nSPS) is 12.7. The van der Waals surface area contributed by atoms with Crippen LogP contribution in [0.3, 0.4) is 0 Å². The van der Waals surface area contributed by atoms with Crippen molar-refractivity contribution in [2.24, 2.45) is 0 Å². The van der Waals surface area contributed by atoms with Crippen molar-refractivity contribution >= 4 is 34.7 Å². The van der Waals surface area contributed by atoms with Crippen molar-refractivity contribution in [2.45, 2.75) is 39.2 Å². The summed E-state index contributed by atoms with van der Waals surface area (Å²) in [6.07, 6.45) is 0. The van der Waals surface area contributed by atoms with Crippen LogP contribution in [0.15, 0.2) is 53.3 Å². The maximum Gasteiger partial charge on any atom is 0.262 e. The molecule has 2 aromatic carbocycles. The molecular formula is C21H23N3O2S. The highest BCUT2D eigenvalue weighted by atomic mass is 32.1. The molecule has 0 spiro atoms. The number of carbonyl (C=O) groups excluding carboxylic acids is 1. The van der Waals surface area contributed by atoms with Crippen molar-refractivity contribution in [1.82, 2.24) is 9.55 Å². The van der Waals surface area contributed by atoms with Crippen molar-refractivity contribution in [3.05, 3.63) is 69.2 Å². The van der Waals surface area contributed by atoms with Crippen LogP contribution < -0.4 is 10.9 Å². The number of nitrogens with one attached hydrogen (secondary N) is 2. The molecule has 6 heteroatoms. The van der Waals surface area contributed by atoms with E-state index in [1.165, 1.54) is 10.1 Å². The first-order valence-electron chi connectivity index (χ1n) is 8.83. The van der Waals surface area contributed by atoms with E-state index in [4.69, 9.17) is 12.2 Å². The topological polar surface area (TPSA) is 66.9 Å². The fraction of sp³-hybridized carbons (Fsp3) is 0.286. The Balaban J connectivity index is 1.89. The molecule has 5 nitrogen and oxygen atoms in total. The number of carbonyl (C=O) groups is 1. The third-order valence-corrected chi connectivity index (χ3v) is 4.92. The van der Waals surface area contributed by atoms with Crippen molar-refractivity contribution < 1.29 is 4.79 Å². The maximum atomic E-state index is 12.8. The number of benzene rings is 2. The Hall–Kier alpha value is -2.73. The van der Waals surface area contributed by atoms with Gasteiger partial charge in [-0.2, -0.15) is 0 Å². The number of hydrogen-bond donors (Lipinski definition) is 2. The largest absolute Gasteiger partial charge is 0.332 e. The van der Waals surface area contributed by atoms with Crippen LogP contribution in [-0.4, -0.2) is 15.5 Å². The minimum Gasteiger partial charge on any atom is -0.332 e. The monoisotopic (exact) mass is 381 g/mol. The number of rotatable bonds is 3. The van der Waals surface area contributed by atoms with Crippen LogP contribution in [-0.2, 0) is 10.2 Å². The average molecular weight is 382 g/mol. The minimum atomic E-state index is -0.742. The van der Waals surface area contributed by atoms with E-state index in [9.17, 15) is 9.59 Å². The molecule has 0 aliphatic carbocycles. The summed E-state index contributed by atoms with van der Waals surface area (Å²) in [5, 5.41) is 3.36. The summed E-state index contributed by atoms with van der Waals surface area (Å²) in [6, 6.07) is 14.1. The van der Waals surface area contributed by atoms with Crippen molar-refractivity contribution in [3.63, 3.8) is 0 Å². The van der Waals surface area contributed by atoms with Crippen LogP contribution in [0.4, 0.5) is 5.69 Å². The Labute approximate surface area is 163 Å². The predicted octanol–water partition coefficient (Wildman–Crippen LogP) is 4.56. The predicted molar refractivity (Wildman–Crippen MR) is 112 cm³/mol. The van der Waals surface area contributed by atoms with Crippen LogP contribution in [0.25, 0.3) is 10.9 Å². The summed E-state index contributed by atoms with van der Waals surface area (Å²) in [7, 11) is 0.